The van der Waals surface area contributed by atoms with Gasteiger partial charge in [-0.15, -0.1) is 0 Å². The van der Waals surface area contributed by atoms with Gasteiger partial charge >= 0.3 is 0 Å². The molecule has 1 amide bonds. The molecule has 1 aromatic rings. The van der Waals surface area contributed by atoms with Crippen molar-refractivity contribution in [2.75, 3.05) is 40.4 Å². The number of methoxy groups -OCH3 is 2. The smallest absolute Gasteiger partial charge is 0.257 e. The van der Waals surface area contributed by atoms with Crippen LogP contribution >= 0.6 is 0 Å². The second-order valence-electron chi connectivity index (χ2n) is 8.88. The van der Waals surface area contributed by atoms with Gasteiger partial charge in [0.25, 0.3) is 5.91 Å². The number of hydrogen-bond donors (Lipinski definition) is 0. The highest BCUT2D eigenvalue weighted by molar-refractivity contribution is 5.97. The van der Waals surface area contributed by atoms with Crippen LogP contribution in [0.25, 0.3) is 0 Å². The first-order valence-corrected chi connectivity index (χ1v) is 11.6. The van der Waals surface area contributed by atoms with Crippen LogP contribution in [0.2, 0.25) is 0 Å². The van der Waals surface area contributed by atoms with Crippen LogP contribution in [0.5, 0.6) is 11.5 Å². The molecule has 1 saturated carbocycles. The SMILES string of the molecule is COc1ccc(OC2CCN(C3CCCC3)CC2)c(C(=O)N2CCC(OC)CC2)c1. The number of benzene rings is 1. The lowest BCUT2D eigenvalue weighted by Gasteiger charge is -2.36. The average Bonchev–Trinajstić information content (AvgIpc) is 3.34. The van der Waals surface area contributed by atoms with Crippen LogP contribution in [0.1, 0.15) is 61.7 Å². The van der Waals surface area contributed by atoms with E-state index in [0.717, 1.165) is 44.8 Å². The maximum Gasteiger partial charge on any atom is 0.257 e. The maximum atomic E-state index is 13.3. The van der Waals surface area contributed by atoms with E-state index in [4.69, 9.17) is 14.2 Å². The molecule has 3 aliphatic rings. The quantitative estimate of drug-likeness (QED) is 0.707. The molecule has 0 aromatic heterocycles. The summed E-state index contributed by atoms with van der Waals surface area (Å²) in [6.07, 6.45) is 9.67. The summed E-state index contributed by atoms with van der Waals surface area (Å²) in [7, 11) is 3.38. The first-order valence-electron chi connectivity index (χ1n) is 11.6. The highest BCUT2D eigenvalue weighted by Gasteiger charge is 2.30. The van der Waals surface area contributed by atoms with Gasteiger partial charge in [-0.1, -0.05) is 12.8 Å². The van der Waals surface area contributed by atoms with Gasteiger partial charge in [0.15, 0.2) is 0 Å². The second-order valence-corrected chi connectivity index (χ2v) is 8.88. The third kappa shape index (κ3) is 4.92. The normalized spacial score (nSPS) is 22.4. The zero-order chi connectivity index (χ0) is 20.9. The van der Waals surface area contributed by atoms with E-state index in [-0.39, 0.29) is 18.1 Å². The van der Waals surface area contributed by atoms with E-state index >= 15 is 0 Å². The van der Waals surface area contributed by atoms with Crippen molar-refractivity contribution >= 4 is 5.91 Å². The largest absolute Gasteiger partial charge is 0.497 e. The molecule has 2 saturated heterocycles. The highest BCUT2D eigenvalue weighted by atomic mass is 16.5. The van der Waals surface area contributed by atoms with E-state index in [2.05, 4.69) is 4.90 Å². The number of amides is 1. The van der Waals surface area contributed by atoms with Crippen molar-refractivity contribution in [1.29, 1.82) is 0 Å². The summed E-state index contributed by atoms with van der Waals surface area (Å²) in [6, 6.07) is 6.39. The molecule has 30 heavy (non-hydrogen) atoms. The van der Waals surface area contributed by atoms with Gasteiger partial charge in [0, 0.05) is 39.3 Å². The van der Waals surface area contributed by atoms with Gasteiger partial charge in [0.05, 0.1) is 18.8 Å². The Morgan fingerprint density at radius 1 is 0.900 bits per heavy atom. The summed E-state index contributed by atoms with van der Waals surface area (Å²) in [5.41, 5.74) is 0.614. The fourth-order valence-electron chi connectivity index (χ4n) is 5.18. The highest BCUT2D eigenvalue weighted by Crippen LogP contribution is 2.31. The minimum atomic E-state index is 0.0295. The Labute approximate surface area is 180 Å². The first-order chi connectivity index (χ1) is 14.7. The van der Waals surface area contributed by atoms with Crippen LogP contribution in [0.3, 0.4) is 0 Å². The molecular weight excluding hydrogens is 380 g/mol. The Bertz CT molecular complexity index is 703. The Kier molecular flexibility index (Phi) is 7.16. The number of ether oxygens (including phenoxy) is 3. The van der Waals surface area contributed by atoms with Crippen LogP contribution in [-0.2, 0) is 4.74 Å². The summed E-state index contributed by atoms with van der Waals surface area (Å²) in [6.45, 7) is 3.63. The lowest BCUT2D eigenvalue weighted by atomic mass is 10.0. The molecule has 0 atom stereocenters. The molecule has 0 radical (unpaired) electrons. The van der Waals surface area contributed by atoms with Crippen molar-refractivity contribution in [1.82, 2.24) is 9.80 Å². The Morgan fingerprint density at radius 3 is 2.20 bits per heavy atom. The summed E-state index contributed by atoms with van der Waals surface area (Å²) in [5, 5.41) is 0. The van der Waals surface area contributed by atoms with Gasteiger partial charge in [-0.3, -0.25) is 4.79 Å². The van der Waals surface area contributed by atoms with Crippen LogP contribution in [0, 0.1) is 0 Å². The lowest BCUT2D eigenvalue weighted by molar-refractivity contribution is 0.0344. The number of piperidine rings is 2. The topological polar surface area (TPSA) is 51.2 Å². The lowest BCUT2D eigenvalue weighted by Crippen LogP contribution is -2.43. The zero-order valence-electron chi connectivity index (χ0n) is 18.5. The summed E-state index contributed by atoms with van der Waals surface area (Å²) < 4.78 is 17.2. The van der Waals surface area contributed by atoms with Crippen LogP contribution in [-0.4, -0.2) is 74.4 Å². The minimum absolute atomic E-state index is 0.0295. The molecule has 0 spiro atoms. The summed E-state index contributed by atoms with van der Waals surface area (Å²) in [5.74, 6) is 1.41. The number of carbonyl (C=O) groups excluding carboxylic acids is 1. The standard InChI is InChI=1S/C24H36N2O4/c1-28-19-9-15-26(16-10-19)24(27)22-17-21(29-2)7-8-23(22)30-20-11-13-25(14-12-20)18-5-3-4-6-18/h7-8,17-20H,3-6,9-16H2,1-2H3. The van der Waals surface area contributed by atoms with Crippen LogP contribution in [0.15, 0.2) is 18.2 Å². The Balaban J connectivity index is 1.41. The third-order valence-corrected chi connectivity index (χ3v) is 7.09. The molecular formula is C24H36N2O4. The van der Waals surface area contributed by atoms with Crippen molar-refractivity contribution in [3.05, 3.63) is 23.8 Å². The number of nitrogens with zero attached hydrogens (tertiary/aromatic N) is 2. The van der Waals surface area contributed by atoms with E-state index in [9.17, 15) is 4.79 Å². The number of hydrogen-bond acceptors (Lipinski definition) is 5. The molecule has 2 heterocycles. The predicted octanol–water partition coefficient (Wildman–Crippen LogP) is 3.73. The van der Waals surface area contributed by atoms with Gasteiger partial charge in [-0.05, 0) is 56.7 Å². The Morgan fingerprint density at radius 2 is 1.57 bits per heavy atom. The predicted molar refractivity (Wildman–Crippen MR) is 116 cm³/mol. The molecule has 2 aliphatic heterocycles. The first kappa shape index (κ1) is 21.4. The summed E-state index contributed by atoms with van der Waals surface area (Å²) >= 11 is 0. The van der Waals surface area contributed by atoms with Crippen molar-refractivity contribution < 1.29 is 19.0 Å². The van der Waals surface area contributed by atoms with Gasteiger partial charge in [-0.25, -0.2) is 0 Å². The number of likely N-dealkylation sites (tertiary alicyclic amines) is 2. The monoisotopic (exact) mass is 416 g/mol. The molecule has 0 bridgehead atoms. The van der Waals surface area contributed by atoms with E-state index in [1.807, 2.05) is 23.1 Å². The van der Waals surface area contributed by atoms with E-state index in [0.29, 0.717) is 30.2 Å². The Hall–Kier alpha value is -1.79. The van der Waals surface area contributed by atoms with Crippen molar-refractivity contribution in [3.63, 3.8) is 0 Å². The molecule has 6 heteroatoms. The maximum absolute atomic E-state index is 13.3. The molecule has 0 unspecified atom stereocenters. The molecule has 4 rings (SSSR count). The van der Waals surface area contributed by atoms with Gasteiger partial charge < -0.3 is 24.0 Å². The van der Waals surface area contributed by atoms with Gasteiger partial charge in [-0.2, -0.15) is 0 Å². The van der Waals surface area contributed by atoms with Gasteiger partial charge in [0.1, 0.15) is 17.6 Å². The minimum Gasteiger partial charge on any atom is -0.497 e. The fraction of sp³-hybridized carbons (Fsp3) is 0.708. The summed E-state index contributed by atoms with van der Waals surface area (Å²) in [4.78, 5) is 17.9. The van der Waals surface area contributed by atoms with Crippen molar-refractivity contribution in [2.24, 2.45) is 0 Å². The number of carbonyl (C=O) groups is 1. The molecule has 3 fully saturated rings. The molecule has 166 valence electrons. The number of rotatable bonds is 6. The molecule has 1 aliphatic carbocycles. The van der Waals surface area contributed by atoms with E-state index in [1.54, 1.807) is 14.2 Å². The van der Waals surface area contributed by atoms with E-state index in [1.165, 1.54) is 25.7 Å². The second kappa shape index (κ2) is 10.0. The molecule has 0 N–H and O–H groups in total. The molecule has 1 aromatic carbocycles. The van der Waals surface area contributed by atoms with Crippen molar-refractivity contribution in [3.8, 4) is 11.5 Å². The molecule has 6 nitrogen and oxygen atoms in total. The van der Waals surface area contributed by atoms with E-state index < -0.39 is 0 Å². The third-order valence-electron chi connectivity index (χ3n) is 7.09. The zero-order valence-corrected chi connectivity index (χ0v) is 18.5. The average molecular weight is 417 g/mol. The van der Waals surface area contributed by atoms with Gasteiger partial charge in [0.2, 0.25) is 0 Å². The fourth-order valence-corrected chi connectivity index (χ4v) is 5.18. The van der Waals surface area contributed by atoms with Crippen LogP contribution < -0.4 is 9.47 Å². The van der Waals surface area contributed by atoms with Crippen LogP contribution in [0.4, 0.5) is 0 Å². The van der Waals surface area contributed by atoms with Crippen molar-refractivity contribution in [2.45, 2.75) is 69.6 Å².